The second kappa shape index (κ2) is 4.63. The highest BCUT2D eigenvalue weighted by Crippen LogP contribution is 2.20. The standard InChI is InChI=1S/C12H12F2N2O/c1-16-10(5-6-15-16)11(17)7-8-3-2-4-9(13)12(8)14/h2-6,11,17H,7H2,1H3. The van der Waals surface area contributed by atoms with E-state index < -0.39 is 17.7 Å². The molecule has 1 unspecified atom stereocenters. The van der Waals surface area contributed by atoms with Crippen LogP contribution in [-0.2, 0) is 13.5 Å². The monoisotopic (exact) mass is 238 g/mol. The minimum atomic E-state index is -0.909. The van der Waals surface area contributed by atoms with Crippen molar-refractivity contribution >= 4 is 0 Å². The van der Waals surface area contributed by atoms with Gasteiger partial charge in [0.1, 0.15) is 0 Å². The Morgan fingerprint density at radius 2 is 2.12 bits per heavy atom. The molecule has 0 bridgehead atoms. The molecular formula is C12H12F2N2O. The van der Waals surface area contributed by atoms with Gasteiger partial charge in [0, 0.05) is 19.7 Å². The number of benzene rings is 1. The maximum absolute atomic E-state index is 13.4. The van der Waals surface area contributed by atoms with Crippen LogP contribution in [0.25, 0.3) is 0 Å². The molecule has 5 heteroatoms. The lowest BCUT2D eigenvalue weighted by Crippen LogP contribution is -2.09. The summed E-state index contributed by atoms with van der Waals surface area (Å²) in [6, 6.07) is 5.57. The molecule has 0 aliphatic rings. The van der Waals surface area contributed by atoms with Crippen LogP contribution in [0.1, 0.15) is 17.4 Å². The van der Waals surface area contributed by atoms with Crippen LogP contribution in [0.4, 0.5) is 8.78 Å². The molecule has 2 aromatic rings. The largest absolute Gasteiger partial charge is 0.386 e. The summed E-state index contributed by atoms with van der Waals surface area (Å²) >= 11 is 0. The highest BCUT2D eigenvalue weighted by Gasteiger charge is 2.16. The maximum Gasteiger partial charge on any atom is 0.162 e. The minimum absolute atomic E-state index is 0.0170. The van der Waals surface area contributed by atoms with E-state index >= 15 is 0 Å². The van der Waals surface area contributed by atoms with E-state index in [1.807, 2.05) is 0 Å². The lowest BCUT2D eigenvalue weighted by Gasteiger charge is -2.11. The summed E-state index contributed by atoms with van der Waals surface area (Å²) in [6.07, 6.45) is 0.655. The van der Waals surface area contributed by atoms with Crippen molar-refractivity contribution in [2.75, 3.05) is 0 Å². The van der Waals surface area contributed by atoms with Crippen LogP contribution in [0.3, 0.4) is 0 Å². The van der Waals surface area contributed by atoms with Crippen LogP contribution >= 0.6 is 0 Å². The highest BCUT2D eigenvalue weighted by molar-refractivity contribution is 5.21. The number of rotatable bonds is 3. The van der Waals surface area contributed by atoms with Gasteiger partial charge < -0.3 is 5.11 Å². The van der Waals surface area contributed by atoms with Gasteiger partial charge in [-0.1, -0.05) is 12.1 Å². The summed E-state index contributed by atoms with van der Waals surface area (Å²) in [5, 5.41) is 13.8. The zero-order valence-corrected chi connectivity index (χ0v) is 9.27. The van der Waals surface area contributed by atoms with Crippen LogP contribution in [0.5, 0.6) is 0 Å². The molecule has 1 heterocycles. The summed E-state index contributed by atoms with van der Waals surface area (Å²) in [5.74, 6) is -1.81. The smallest absolute Gasteiger partial charge is 0.162 e. The van der Waals surface area contributed by atoms with Crippen molar-refractivity contribution in [1.29, 1.82) is 0 Å². The van der Waals surface area contributed by atoms with E-state index in [1.165, 1.54) is 16.8 Å². The van der Waals surface area contributed by atoms with Gasteiger partial charge in [-0.2, -0.15) is 5.10 Å². The SMILES string of the molecule is Cn1nccc1C(O)Cc1cccc(F)c1F. The zero-order valence-electron chi connectivity index (χ0n) is 9.27. The van der Waals surface area contributed by atoms with Crippen LogP contribution in [0.2, 0.25) is 0 Å². The van der Waals surface area contributed by atoms with E-state index in [9.17, 15) is 13.9 Å². The topological polar surface area (TPSA) is 38.0 Å². The minimum Gasteiger partial charge on any atom is -0.386 e. The third-order valence-corrected chi connectivity index (χ3v) is 2.65. The maximum atomic E-state index is 13.4. The van der Waals surface area contributed by atoms with Crippen molar-refractivity contribution in [1.82, 2.24) is 9.78 Å². The molecule has 0 spiro atoms. The summed E-state index contributed by atoms with van der Waals surface area (Å²) in [7, 11) is 1.68. The number of aromatic nitrogens is 2. The van der Waals surface area contributed by atoms with Crippen LogP contribution in [0, 0.1) is 11.6 Å². The van der Waals surface area contributed by atoms with E-state index in [-0.39, 0.29) is 12.0 Å². The first-order valence-corrected chi connectivity index (χ1v) is 5.18. The third-order valence-electron chi connectivity index (χ3n) is 2.65. The van der Waals surface area contributed by atoms with E-state index in [4.69, 9.17) is 0 Å². The molecule has 0 saturated carbocycles. The van der Waals surface area contributed by atoms with Gasteiger partial charge in [0.2, 0.25) is 0 Å². The van der Waals surface area contributed by atoms with E-state index in [2.05, 4.69) is 5.10 Å². The molecule has 0 radical (unpaired) electrons. The number of aliphatic hydroxyl groups excluding tert-OH is 1. The third kappa shape index (κ3) is 2.34. The van der Waals surface area contributed by atoms with Crippen LogP contribution in [0.15, 0.2) is 30.5 Å². The molecule has 90 valence electrons. The highest BCUT2D eigenvalue weighted by atomic mass is 19.2. The Morgan fingerprint density at radius 3 is 2.76 bits per heavy atom. The molecule has 1 aromatic heterocycles. The summed E-state index contributed by atoms with van der Waals surface area (Å²) in [5.41, 5.74) is 0.715. The molecule has 0 aliphatic carbocycles. The molecule has 1 atom stereocenters. The number of nitrogens with zero attached hydrogens (tertiary/aromatic N) is 2. The van der Waals surface area contributed by atoms with E-state index in [0.717, 1.165) is 6.07 Å². The van der Waals surface area contributed by atoms with Crippen molar-refractivity contribution in [3.8, 4) is 0 Å². The average molecular weight is 238 g/mol. The number of aliphatic hydroxyl groups is 1. The van der Waals surface area contributed by atoms with Crippen LogP contribution < -0.4 is 0 Å². The lowest BCUT2D eigenvalue weighted by molar-refractivity contribution is 0.167. The van der Waals surface area contributed by atoms with Crippen LogP contribution in [-0.4, -0.2) is 14.9 Å². The quantitative estimate of drug-likeness (QED) is 0.887. The summed E-state index contributed by atoms with van der Waals surface area (Å²) < 4.78 is 27.9. The first kappa shape index (κ1) is 11.7. The molecule has 3 nitrogen and oxygen atoms in total. The first-order chi connectivity index (χ1) is 8.09. The number of aryl methyl sites for hydroxylation is 1. The molecule has 0 fully saturated rings. The molecule has 0 amide bonds. The number of hydrogen-bond acceptors (Lipinski definition) is 2. The molecule has 1 aromatic carbocycles. The Hall–Kier alpha value is -1.75. The fourth-order valence-corrected chi connectivity index (χ4v) is 1.73. The molecular weight excluding hydrogens is 226 g/mol. The lowest BCUT2D eigenvalue weighted by atomic mass is 10.0. The van der Waals surface area contributed by atoms with Gasteiger partial charge in [0.05, 0.1) is 11.8 Å². The predicted molar refractivity (Wildman–Crippen MR) is 58.2 cm³/mol. The molecule has 17 heavy (non-hydrogen) atoms. The van der Waals surface area contributed by atoms with Gasteiger partial charge in [0.15, 0.2) is 11.6 Å². The van der Waals surface area contributed by atoms with Gasteiger partial charge in [-0.05, 0) is 17.7 Å². The second-order valence-corrected chi connectivity index (χ2v) is 3.81. The van der Waals surface area contributed by atoms with Gasteiger partial charge >= 0.3 is 0 Å². The molecule has 1 N–H and O–H groups in total. The first-order valence-electron chi connectivity index (χ1n) is 5.18. The van der Waals surface area contributed by atoms with Crippen molar-refractivity contribution < 1.29 is 13.9 Å². The van der Waals surface area contributed by atoms with Crippen molar-refractivity contribution in [2.24, 2.45) is 7.05 Å². The Morgan fingerprint density at radius 1 is 1.35 bits per heavy atom. The fraction of sp³-hybridized carbons (Fsp3) is 0.250. The van der Waals surface area contributed by atoms with Gasteiger partial charge in [-0.25, -0.2) is 8.78 Å². The predicted octanol–water partition coefficient (Wildman–Crippen LogP) is 1.97. The normalized spacial score (nSPS) is 12.7. The summed E-state index contributed by atoms with van der Waals surface area (Å²) in [6.45, 7) is 0. The Bertz CT molecular complexity index is 525. The average Bonchev–Trinajstić information content (AvgIpc) is 2.71. The molecule has 0 aliphatic heterocycles. The Labute approximate surface area is 97.3 Å². The zero-order chi connectivity index (χ0) is 12.4. The number of halogens is 2. The van der Waals surface area contributed by atoms with E-state index in [0.29, 0.717) is 5.69 Å². The van der Waals surface area contributed by atoms with Gasteiger partial charge in [-0.15, -0.1) is 0 Å². The molecule has 0 saturated heterocycles. The number of hydrogen-bond donors (Lipinski definition) is 1. The molecule has 2 rings (SSSR count). The summed E-state index contributed by atoms with van der Waals surface area (Å²) in [4.78, 5) is 0. The van der Waals surface area contributed by atoms with Gasteiger partial charge in [0.25, 0.3) is 0 Å². The van der Waals surface area contributed by atoms with E-state index in [1.54, 1.807) is 19.3 Å². The van der Waals surface area contributed by atoms with Crippen molar-refractivity contribution in [3.63, 3.8) is 0 Å². The van der Waals surface area contributed by atoms with Gasteiger partial charge in [-0.3, -0.25) is 4.68 Å². The Balaban J connectivity index is 2.22. The fourth-order valence-electron chi connectivity index (χ4n) is 1.73. The Kier molecular flexibility index (Phi) is 3.19. The second-order valence-electron chi connectivity index (χ2n) is 3.81. The van der Waals surface area contributed by atoms with Crippen molar-refractivity contribution in [3.05, 3.63) is 53.4 Å². The van der Waals surface area contributed by atoms with Crippen molar-refractivity contribution in [2.45, 2.75) is 12.5 Å².